The molecular formula is C14H20N2O2S. The maximum Gasteiger partial charge on any atom is 0.236 e. The van der Waals surface area contributed by atoms with E-state index in [1.165, 1.54) is 0 Å². The van der Waals surface area contributed by atoms with Crippen molar-refractivity contribution < 1.29 is 9.52 Å². The third kappa shape index (κ3) is 4.16. The second-order valence-electron chi connectivity index (χ2n) is 5.24. The van der Waals surface area contributed by atoms with Crippen molar-refractivity contribution in [2.24, 2.45) is 0 Å². The predicted molar refractivity (Wildman–Crippen MR) is 77.1 cm³/mol. The highest BCUT2D eigenvalue weighted by Gasteiger charge is 2.18. The van der Waals surface area contributed by atoms with E-state index in [1.807, 2.05) is 31.4 Å². The fourth-order valence-corrected chi connectivity index (χ4v) is 2.60. The molecule has 0 aliphatic carbocycles. The monoisotopic (exact) mass is 280 g/mol. The molecule has 19 heavy (non-hydrogen) atoms. The summed E-state index contributed by atoms with van der Waals surface area (Å²) in [6.45, 7) is 7.88. The van der Waals surface area contributed by atoms with Gasteiger partial charge in [-0.3, -0.25) is 4.90 Å². The fourth-order valence-electron chi connectivity index (χ4n) is 1.95. The quantitative estimate of drug-likeness (QED) is 0.883. The van der Waals surface area contributed by atoms with Gasteiger partial charge in [-0.1, -0.05) is 13.0 Å². The van der Waals surface area contributed by atoms with Crippen LogP contribution >= 0.6 is 11.3 Å². The van der Waals surface area contributed by atoms with E-state index in [4.69, 9.17) is 4.42 Å². The molecular weight excluding hydrogens is 260 g/mol. The molecule has 0 saturated heterocycles. The normalized spacial score (nSPS) is 12.3. The van der Waals surface area contributed by atoms with Crippen LogP contribution in [0.5, 0.6) is 0 Å². The third-order valence-corrected chi connectivity index (χ3v) is 3.58. The standard InChI is InChI=1S/C14H20N2O2S/c1-4-16(10-14(2,3)17)8-11-9-18-13(15-11)12-6-5-7-19-12/h5-7,9,17H,4,8,10H2,1-3H3. The van der Waals surface area contributed by atoms with Crippen LogP contribution in [0.1, 0.15) is 26.5 Å². The molecule has 4 nitrogen and oxygen atoms in total. The summed E-state index contributed by atoms with van der Waals surface area (Å²) in [5.41, 5.74) is 0.200. The Morgan fingerprint density at radius 3 is 2.84 bits per heavy atom. The number of hydrogen-bond acceptors (Lipinski definition) is 5. The van der Waals surface area contributed by atoms with Gasteiger partial charge in [0.15, 0.2) is 0 Å². The van der Waals surface area contributed by atoms with Gasteiger partial charge in [-0.15, -0.1) is 11.3 Å². The average Bonchev–Trinajstić information content (AvgIpc) is 2.95. The maximum atomic E-state index is 9.87. The Kier molecular flexibility index (Phi) is 4.39. The first-order chi connectivity index (χ1) is 8.98. The van der Waals surface area contributed by atoms with Gasteiger partial charge in [0.2, 0.25) is 5.89 Å². The van der Waals surface area contributed by atoms with Gasteiger partial charge in [-0.05, 0) is 31.8 Å². The van der Waals surface area contributed by atoms with E-state index in [0.29, 0.717) is 19.0 Å². The van der Waals surface area contributed by atoms with Crippen LogP contribution in [-0.4, -0.2) is 33.7 Å². The lowest BCUT2D eigenvalue weighted by molar-refractivity contribution is 0.0349. The van der Waals surface area contributed by atoms with E-state index in [9.17, 15) is 5.11 Å². The summed E-state index contributed by atoms with van der Waals surface area (Å²) in [5.74, 6) is 0.671. The van der Waals surface area contributed by atoms with E-state index in [2.05, 4.69) is 16.8 Å². The van der Waals surface area contributed by atoms with E-state index >= 15 is 0 Å². The molecule has 2 rings (SSSR count). The minimum absolute atomic E-state index is 0.616. The molecule has 0 spiro atoms. The SMILES string of the molecule is CCN(Cc1coc(-c2cccs2)n1)CC(C)(C)O. The minimum Gasteiger partial charge on any atom is -0.444 e. The van der Waals surface area contributed by atoms with Crippen LogP contribution in [0.4, 0.5) is 0 Å². The zero-order valence-corrected chi connectivity index (χ0v) is 12.4. The lowest BCUT2D eigenvalue weighted by Crippen LogP contribution is -2.38. The zero-order chi connectivity index (χ0) is 13.9. The van der Waals surface area contributed by atoms with Gasteiger partial charge in [0, 0.05) is 13.1 Å². The molecule has 104 valence electrons. The molecule has 0 atom stereocenters. The number of thiophene rings is 1. The molecule has 0 aromatic carbocycles. The first kappa shape index (κ1) is 14.2. The zero-order valence-electron chi connectivity index (χ0n) is 11.6. The Hall–Kier alpha value is -1.17. The Bertz CT molecular complexity index is 500. The summed E-state index contributed by atoms with van der Waals surface area (Å²) in [5, 5.41) is 11.9. The van der Waals surface area contributed by atoms with Gasteiger partial charge in [-0.25, -0.2) is 4.98 Å². The van der Waals surface area contributed by atoms with Crippen LogP contribution in [0.15, 0.2) is 28.2 Å². The minimum atomic E-state index is -0.698. The molecule has 2 aromatic rings. The van der Waals surface area contributed by atoms with Crippen molar-refractivity contribution in [1.29, 1.82) is 0 Å². The molecule has 0 bridgehead atoms. The average molecular weight is 280 g/mol. The number of hydrogen-bond donors (Lipinski definition) is 1. The summed E-state index contributed by atoms with van der Waals surface area (Å²) in [6, 6.07) is 3.98. The van der Waals surface area contributed by atoms with Crippen molar-refractivity contribution in [3.63, 3.8) is 0 Å². The maximum absolute atomic E-state index is 9.87. The Morgan fingerprint density at radius 1 is 1.47 bits per heavy atom. The van der Waals surface area contributed by atoms with Gasteiger partial charge in [-0.2, -0.15) is 0 Å². The second kappa shape index (κ2) is 5.86. The highest BCUT2D eigenvalue weighted by Crippen LogP contribution is 2.24. The first-order valence-corrected chi connectivity index (χ1v) is 7.29. The van der Waals surface area contributed by atoms with Crippen molar-refractivity contribution in [2.45, 2.75) is 32.9 Å². The first-order valence-electron chi connectivity index (χ1n) is 6.41. The third-order valence-electron chi connectivity index (χ3n) is 2.73. The lowest BCUT2D eigenvalue weighted by Gasteiger charge is -2.27. The van der Waals surface area contributed by atoms with Crippen molar-refractivity contribution in [2.75, 3.05) is 13.1 Å². The van der Waals surface area contributed by atoms with Crippen LogP contribution in [0.25, 0.3) is 10.8 Å². The molecule has 0 unspecified atom stereocenters. The van der Waals surface area contributed by atoms with Crippen LogP contribution in [-0.2, 0) is 6.54 Å². The van der Waals surface area contributed by atoms with Crippen molar-refractivity contribution in [1.82, 2.24) is 9.88 Å². The molecule has 0 saturated carbocycles. The van der Waals surface area contributed by atoms with Crippen molar-refractivity contribution in [3.05, 3.63) is 29.5 Å². The van der Waals surface area contributed by atoms with E-state index in [0.717, 1.165) is 17.1 Å². The number of aliphatic hydroxyl groups is 1. The van der Waals surface area contributed by atoms with Gasteiger partial charge >= 0.3 is 0 Å². The smallest absolute Gasteiger partial charge is 0.236 e. The van der Waals surface area contributed by atoms with Crippen molar-refractivity contribution in [3.8, 4) is 10.8 Å². The molecule has 0 fully saturated rings. The number of oxazole rings is 1. The fraction of sp³-hybridized carbons (Fsp3) is 0.500. The largest absolute Gasteiger partial charge is 0.444 e. The lowest BCUT2D eigenvalue weighted by atomic mass is 10.1. The molecule has 2 heterocycles. The number of aromatic nitrogens is 1. The molecule has 2 aromatic heterocycles. The molecule has 0 aliphatic rings. The number of likely N-dealkylation sites (N-methyl/N-ethyl adjacent to an activating group) is 1. The molecule has 1 N–H and O–H groups in total. The molecule has 0 aliphatic heterocycles. The highest BCUT2D eigenvalue weighted by molar-refractivity contribution is 7.13. The second-order valence-corrected chi connectivity index (χ2v) is 6.18. The summed E-state index contributed by atoms with van der Waals surface area (Å²) in [6.07, 6.45) is 1.70. The van der Waals surface area contributed by atoms with Gasteiger partial charge in [0.05, 0.1) is 16.2 Å². The number of nitrogens with zero attached hydrogens (tertiary/aromatic N) is 2. The predicted octanol–water partition coefficient (Wildman–Crippen LogP) is 3.00. The van der Waals surface area contributed by atoms with Gasteiger partial charge in [0.1, 0.15) is 6.26 Å². The molecule has 0 amide bonds. The Balaban J connectivity index is 2.03. The van der Waals surface area contributed by atoms with E-state index < -0.39 is 5.60 Å². The van der Waals surface area contributed by atoms with Crippen LogP contribution < -0.4 is 0 Å². The number of rotatable bonds is 6. The molecule has 5 heteroatoms. The Labute approximate surface area is 117 Å². The summed E-state index contributed by atoms with van der Waals surface area (Å²) in [7, 11) is 0. The van der Waals surface area contributed by atoms with Gasteiger partial charge in [0.25, 0.3) is 0 Å². The topological polar surface area (TPSA) is 49.5 Å². The summed E-state index contributed by atoms with van der Waals surface area (Å²) in [4.78, 5) is 7.68. The van der Waals surface area contributed by atoms with E-state index in [1.54, 1.807) is 17.6 Å². The van der Waals surface area contributed by atoms with Crippen LogP contribution in [0.2, 0.25) is 0 Å². The van der Waals surface area contributed by atoms with E-state index in [-0.39, 0.29) is 0 Å². The van der Waals surface area contributed by atoms with Crippen LogP contribution in [0, 0.1) is 0 Å². The summed E-state index contributed by atoms with van der Waals surface area (Å²) >= 11 is 1.61. The van der Waals surface area contributed by atoms with Gasteiger partial charge < -0.3 is 9.52 Å². The highest BCUT2D eigenvalue weighted by atomic mass is 32.1. The Morgan fingerprint density at radius 2 is 2.26 bits per heavy atom. The van der Waals surface area contributed by atoms with Crippen LogP contribution in [0.3, 0.4) is 0 Å². The summed E-state index contributed by atoms with van der Waals surface area (Å²) < 4.78 is 5.49. The van der Waals surface area contributed by atoms with Crippen molar-refractivity contribution >= 4 is 11.3 Å². The molecule has 0 radical (unpaired) electrons.